The number of nitrogens with one attached hydrogen (secondary N) is 1. The van der Waals surface area contributed by atoms with Gasteiger partial charge in [-0.05, 0) is 55.7 Å². The summed E-state index contributed by atoms with van der Waals surface area (Å²) in [6.07, 6.45) is 5.88. The minimum Gasteiger partial charge on any atom is -0.358 e. The highest BCUT2D eigenvalue weighted by molar-refractivity contribution is 7.91. The molecule has 0 saturated heterocycles. The van der Waals surface area contributed by atoms with Crippen molar-refractivity contribution in [2.45, 2.75) is 37.8 Å². The Labute approximate surface area is 217 Å². The number of rotatable bonds is 6. The van der Waals surface area contributed by atoms with Crippen molar-refractivity contribution in [3.05, 3.63) is 65.6 Å². The Balaban J connectivity index is 1.36. The summed E-state index contributed by atoms with van der Waals surface area (Å²) in [5, 5.41) is 0.859. The molecular formula is C26H31FN4O4S2. The van der Waals surface area contributed by atoms with Gasteiger partial charge in [0.05, 0.1) is 16.1 Å². The first-order valence-corrected chi connectivity index (χ1v) is 15.6. The number of fused-ring (bicyclic) bond motifs is 2. The highest BCUT2D eigenvalue weighted by Crippen LogP contribution is 2.35. The normalized spacial score (nSPS) is 18.8. The van der Waals surface area contributed by atoms with E-state index in [9.17, 15) is 21.2 Å². The summed E-state index contributed by atoms with van der Waals surface area (Å²) in [5.41, 5.74) is 3.85. The van der Waals surface area contributed by atoms with Gasteiger partial charge in [0, 0.05) is 62.2 Å². The fraction of sp³-hybridized carbons (Fsp3) is 0.385. The zero-order valence-corrected chi connectivity index (χ0v) is 22.7. The van der Waals surface area contributed by atoms with Crippen LogP contribution in [0.25, 0.3) is 16.5 Å². The lowest BCUT2D eigenvalue weighted by Gasteiger charge is -2.40. The number of hydrogen-bond acceptors (Lipinski definition) is 5. The second-order valence-corrected chi connectivity index (χ2v) is 13.7. The molecule has 0 saturated carbocycles. The molecule has 2 aromatic carbocycles. The third-order valence-electron chi connectivity index (χ3n) is 7.15. The summed E-state index contributed by atoms with van der Waals surface area (Å²) in [6.45, 7) is 5.93. The number of benzene rings is 2. The van der Waals surface area contributed by atoms with Gasteiger partial charge in [-0.15, -0.1) is 0 Å². The second-order valence-electron chi connectivity index (χ2n) is 9.93. The van der Waals surface area contributed by atoms with E-state index in [1.165, 1.54) is 20.7 Å². The van der Waals surface area contributed by atoms with Crippen LogP contribution in [0.15, 0.2) is 53.6 Å². The van der Waals surface area contributed by atoms with Crippen LogP contribution in [0.1, 0.15) is 31.4 Å². The van der Waals surface area contributed by atoms with Crippen LogP contribution in [0, 0.1) is 5.82 Å². The van der Waals surface area contributed by atoms with Gasteiger partial charge >= 0.3 is 10.2 Å². The predicted octanol–water partition coefficient (Wildman–Crippen LogP) is 3.78. The quantitative estimate of drug-likeness (QED) is 0.508. The average molecular weight is 547 g/mol. The van der Waals surface area contributed by atoms with Gasteiger partial charge in [0.1, 0.15) is 5.82 Å². The molecule has 0 bridgehead atoms. The zero-order valence-electron chi connectivity index (χ0n) is 21.1. The lowest BCUT2D eigenvalue weighted by molar-refractivity contribution is 0.305. The van der Waals surface area contributed by atoms with Crippen LogP contribution in [0.5, 0.6) is 0 Å². The van der Waals surface area contributed by atoms with Gasteiger partial charge in [0.2, 0.25) is 0 Å². The van der Waals surface area contributed by atoms with Crippen molar-refractivity contribution in [3.63, 3.8) is 0 Å². The van der Waals surface area contributed by atoms with Gasteiger partial charge in [-0.25, -0.2) is 12.8 Å². The van der Waals surface area contributed by atoms with Crippen LogP contribution in [-0.2, 0) is 26.6 Å². The highest BCUT2D eigenvalue weighted by atomic mass is 32.2. The van der Waals surface area contributed by atoms with E-state index in [0.717, 1.165) is 35.7 Å². The molecule has 0 atom stereocenters. The minimum atomic E-state index is -3.77. The number of aromatic amines is 1. The number of para-hydroxylation sites is 1. The molecule has 8 nitrogen and oxygen atoms in total. The van der Waals surface area contributed by atoms with E-state index < -0.39 is 20.0 Å². The fourth-order valence-electron chi connectivity index (χ4n) is 5.12. The standard InChI is InChI=1S/C26H31FN4O4S2/c1-18(2)31-17-20-15-21(36(3,32)33)7-8-25(20)30(37(31,34)35)14-13-29-11-9-19(10-12-29)23-16-28-26-22(23)5-4-6-24(26)27/h4-9,15-16,18,28H,10-14,17H2,1-3H3. The van der Waals surface area contributed by atoms with Crippen molar-refractivity contribution in [1.82, 2.24) is 14.2 Å². The number of sulfone groups is 1. The molecule has 1 N–H and O–H groups in total. The molecule has 198 valence electrons. The topological polar surface area (TPSA) is 93.8 Å². The maximum atomic E-state index is 14.1. The van der Waals surface area contributed by atoms with E-state index in [-0.39, 0.29) is 29.8 Å². The molecule has 0 fully saturated rings. The maximum Gasteiger partial charge on any atom is 0.304 e. The third-order valence-corrected chi connectivity index (χ3v) is 10.3. The van der Waals surface area contributed by atoms with Crippen molar-refractivity contribution >= 4 is 42.2 Å². The monoisotopic (exact) mass is 546 g/mol. The number of nitrogens with zero attached hydrogens (tertiary/aromatic N) is 3. The van der Waals surface area contributed by atoms with E-state index >= 15 is 0 Å². The van der Waals surface area contributed by atoms with Crippen molar-refractivity contribution in [1.29, 1.82) is 0 Å². The van der Waals surface area contributed by atoms with Crippen molar-refractivity contribution in [2.75, 3.05) is 36.7 Å². The molecule has 0 amide bonds. The molecule has 5 rings (SSSR count). The van der Waals surface area contributed by atoms with Crippen LogP contribution in [-0.4, -0.2) is 69.5 Å². The molecule has 1 aromatic heterocycles. The van der Waals surface area contributed by atoms with Crippen LogP contribution in [0.4, 0.5) is 10.1 Å². The molecule has 0 spiro atoms. The van der Waals surface area contributed by atoms with Crippen molar-refractivity contribution < 1.29 is 21.2 Å². The Kier molecular flexibility index (Phi) is 6.68. The zero-order chi connectivity index (χ0) is 26.5. The Morgan fingerprint density at radius 3 is 2.59 bits per heavy atom. The molecule has 0 unspecified atom stereocenters. The number of H-pyrrole nitrogens is 1. The largest absolute Gasteiger partial charge is 0.358 e. The average Bonchev–Trinajstić information content (AvgIpc) is 3.28. The molecule has 2 aliphatic rings. The Hall–Kier alpha value is -2.73. The van der Waals surface area contributed by atoms with E-state index in [1.54, 1.807) is 18.2 Å². The van der Waals surface area contributed by atoms with Gasteiger partial charge in [0.25, 0.3) is 0 Å². The molecule has 2 aliphatic heterocycles. The Morgan fingerprint density at radius 2 is 1.92 bits per heavy atom. The molecular weight excluding hydrogens is 515 g/mol. The van der Waals surface area contributed by atoms with Gasteiger partial charge in [-0.3, -0.25) is 9.21 Å². The lowest BCUT2D eigenvalue weighted by Crippen LogP contribution is -2.52. The smallest absolute Gasteiger partial charge is 0.304 e. The molecule has 0 radical (unpaired) electrons. The van der Waals surface area contributed by atoms with E-state index in [2.05, 4.69) is 16.0 Å². The number of hydrogen-bond donors (Lipinski definition) is 1. The van der Waals surface area contributed by atoms with Crippen molar-refractivity contribution in [3.8, 4) is 0 Å². The van der Waals surface area contributed by atoms with Crippen LogP contribution in [0.3, 0.4) is 0 Å². The number of aromatic nitrogens is 1. The summed E-state index contributed by atoms with van der Waals surface area (Å²) < 4.78 is 68.1. The fourth-order valence-corrected chi connectivity index (χ4v) is 7.62. The van der Waals surface area contributed by atoms with Gasteiger partial charge in [-0.2, -0.15) is 12.7 Å². The Morgan fingerprint density at radius 1 is 1.14 bits per heavy atom. The first-order chi connectivity index (χ1) is 17.5. The lowest BCUT2D eigenvalue weighted by atomic mass is 9.99. The highest BCUT2D eigenvalue weighted by Gasteiger charge is 2.38. The minimum absolute atomic E-state index is 0.135. The molecule has 37 heavy (non-hydrogen) atoms. The summed E-state index contributed by atoms with van der Waals surface area (Å²) >= 11 is 0. The first-order valence-electron chi connectivity index (χ1n) is 12.3. The first kappa shape index (κ1) is 25.9. The molecule has 11 heteroatoms. The number of anilines is 1. The van der Waals surface area contributed by atoms with Crippen LogP contribution < -0.4 is 4.31 Å². The van der Waals surface area contributed by atoms with E-state index in [1.807, 2.05) is 26.1 Å². The SMILES string of the molecule is CC(C)N1Cc2cc(S(C)(=O)=O)ccc2N(CCN2CC=C(c3c[nH]c4c(F)cccc34)CC2)S1(=O)=O. The predicted molar refractivity (Wildman–Crippen MR) is 144 cm³/mol. The Bertz CT molecular complexity index is 1600. The maximum absolute atomic E-state index is 14.1. The number of halogens is 1. The summed E-state index contributed by atoms with van der Waals surface area (Å²) in [6, 6.07) is 9.44. The summed E-state index contributed by atoms with van der Waals surface area (Å²) in [7, 11) is -7.18. The van der Waals surface area contributed by atoms with Gasteiger partial charge < -0.3 is 4.98 Å². The van der Waals surface area contributed by atoms with Gasteiger partial charge in [0.15, 0.2) is 9.84 Å². The van der Waals surface area contributed by atoms with Crippen LogP contribution in [0.2, 0.25) is 0 Å². The second kappa shape index (κ2) is 9.54. The molecule has 3 aromatic rings. The summed E-state index contributed by atoms with van der Waals surface area (Å²) in [5.74, 6) is -0.274. The van der Waals surface area contributed by atoms with E-state index in [0.29, 0.717) is 29.9 Å². The third kappa shape index (κ3) is 4.81. The summed E-state index contributed by atoms with van der Waals surface area (Å²) in [4.78, 5) is 5.40. The van der Waals surface area contributed by atoms with Crippen LogP contribution >= 0.6 is 0 Å². The van der Waals surface area contributed by atoms with Gasteiger partial charge in [-0.1, -0.05) is 18.2 Å². The van der Waals surface area contributed by atoms with E-state index in [4.69, 9.17) is 0 Å². The molecule has 0 aliphatic carbocycles. The molecule has 3 heterocycles. The van der Waals surface area contributed by atoms with Crippen molar-refractivity contribution in [2.24, 2.45) is 0 Å².